The van der Waals surface area contributed by atoms with E-state index in [1.54, 1.807) is 36.4 Å². The smallest absolute Gasteiger partial charge is 0.255 e. The molecule has 0 radical (unpaired) electrons. The highest BCUT2D eigenvalue weighted by atomic mass is 35.5. The lowest BCUT2D eigenvalue weighted by atomic mass is 9.81. The van der Waals surface area contributed by atoms with Crippen molar-refractivity contribution in [3.63, 3.8) is 0 Å². The van der Waals surface area contributed by atoms with E-state index in [0.717, 1.165) is 24.8 Å². The van der Waals surface area contributed by atoms with E-state index in [0.29, 0.717) is 33.8 Å². The molecule has 1 saturated heterocycles. The highest BCUT2D eigenvalue weighted by Gasteiger charge is 2.61. The van der Waals surface area contributed by atoms with E-state index in [-0.39, 0.29) is 29.6 Å². The fourth-order valence-corrected chi connectivity index (χ4v) is 5.54. The first-order valence-corrected chi connectivity index (χ1v) is 10.4. The van der Waals surface area contributed by atoms with Crippen LogP contribution in [-0.4, -0.2) is 17.7 Å². The molecule has 2 aromatic rings. The Labute approximate surface area is 174 Å². The molecule has 1 heterocycles. The summed E-state index contributed by atoms with van der Waals surface area (Å²) in [6.07, 6.45) is 3.09. The van der Waals surface area contributed by atoms with Gasteiger partial charge in [0.25, 0.3) is 5.91 Å². The number of rotatable bonds is 3. The highest BCUT2D eigenvalue weighted by molar-refractivity contribution is 6.31. The third-order valence-electron chi connectivity index (χ3n) is 6.74. The molecular formula is C23H21ClN2O3. The van der Waals surface area contributed by atoms with Gasteiger partial charge in [-0.3, -0.25) is 19.3 Å². The first kappa shape index (κ1) is 18.4. The molecule has 29 heavy (non-hydrogen) atoms. The zero-order valence-corrected chi connectivity index (χ0v) is 16.8. The Balaban J connectivity index is 1.42. The van der Waals surface area contributed by atoms with E-state index in [2.05, 4.69) is 5.32 Å². The molecular weight excluding hydrogens is 388 g/mol. The topological polar surface area (TPSA) is 66.5 Å². The van der Waals surface area contributed by atoms with Crippen LogP contribution in [0.5, 0.6) is 0 Å². The minimum absolute atomic E-state index is 0.101. The van der Waals surface area contributed by atoms with Gasteiger partial charge in [-0.25, -0.2) is 0 Å². The number of amides is 3. The lowest BCUT2D eigenvalue weighted by Gasteiger charge is -2.19. The van der Waals surface area contributed by atoms with Gasteiger partial charge in [-0.1, -0.05) is 23.7 Å². The lowest BCUT2D eigenvalue weighted by molar-refractivity contribution is -0.123. The summed E-state index contributed by atoms with van der Waals surface area (Å²) in [6.45, 7) is 1.89. The van der Waals surface area contributed by atoms with Crippen LogP contribution in [0, 0.1) is 30.6 Å². The van der Waals surface area contributed by atoms with Gasteiger partial charge >= 0.3 is 0 Å². The van der Waals surface area contributed by atoms with Crippen LogP contribution in [0.4, 0.5) is 11.4 Å². The highest BCUT2D eigenvalue weighted by Crippen LogP contribution is 2.56. The first-order valence-electron chi connectivity index (χ1n) is 9.99. The van der Waals surface area contributed by atoms with Crippen LogP contribution in [-0.2, 0) is 9.59 Å². The quantitative estimate of drug-likeness (QED) is 0.763. The Morgan fingerprint density at radius 2 is 1.72 bits per heavy atom. The number of nitrogens with one attached hydrogen (secondary N) is 1. The summed E-state index contributed by atoms with van der Waals surface area (Å²) in [6, 6.07) is 12.0. The molecule has 0 aromatic heterocycles. The van der Waals surface area contributed by atoms with E-state index < -0.39 is 0 Å². The Hall–Kier alpha value is -2.66. The molecule has 0 unspecified atom stereocenters. The zero-order valence-electron chi connectivity index (χ0n) is 16.0. The number of imide groups is 1. The van der Waals surface area contributed by atoms with Crippen LogP contribution in [0.1, 0.15) is 35.2 Å². The Bertz CT molecular complexity index is 1020. The number of hydrogen-bond donors (Lipinski definition) is 1. The van der Waals surface area contributed by atoms with Crippen molar-refractivity contribution in [1.29, 1.82) is 0 Å². The third-order valence-corrected chi connectivity index (χ3v) is 6.98. The van der Waals surface area contributed by atoms with Crippen molar-refractivity contribution in [2.24, 2.45) is 23.7 Å². The molecule has 2 aliphatic carbocycles. The molecule has 0 spiro atoms. The molecule has 2 aromatic carbocycles. The number of benzene rings is 2. The van der Waals surface area contributed by atoms with Crippen LogP contribution < -0.4 is 10.2 Å². The molecule has 2 bridgehead atoms. The molecule has 1 N–H and O–H groups in total. The summed E-state index contributed by atoms with van der Waals surface area (Å²) < 4.78 is 0. The fraction of sp³-hybridized carbons (Fsp3) is 0.348. The molecule has 5 rings (SSSR count). The number of anilines is 2. The summed E-state index contributed by atoms with van der Waals surface area (Å²) in [7, 11) is 0. The maximum absolute atomic E-state index is 13.0. The molecule has 148 valence electrons. The van der Waals surface area contributed by atoms with Gasteiger partial charge in [0, 0.05) is 16.3 Å². The Morgan fingerprint density at radius 3 is 2.41 bits per heavy atom. The summed E-state index contributed by atoms with van der Waals surface area (Å²) in [5.41, 5.74) is 2.39. The maximum atomic E-state index is 13.0. The molecule has 6 heteroatoms. The van der Waals surface area contributed by atoms with E-state index in [1.165, 1.54) is 4.90 Å². The van der Waals surface area contributed by atoms with Crippen molar-refractivity contribution in [3.8, 4) is 0 Å². The molecule has 5 nitrogen and oxygen atoms in total. The molecule has 3 amide bonds. The second-order valence-electron chi connectivity index (χ2n) is 8.36. The number of hydrogen-bond acceptors (Lipinski definition) is 3. The summed E-state index contributed by atoms with van der Waals surface area (Å²) in [5, 5.41) is 3.40. The molecule has 2 saturated carbocycles. The Kier molecular flexibility index (Phi) is 4.24. The number of aryl methyl sites for hydroxylation is 1. The maximum Gasteiger partial charge on any atom is 0.255 e. The van der Waals surface area contributed by atoms with Crippen LogP contribution in [0.3, 0.4) is 0 Å². The minimum atomic E-state index is -0.309. The minimum Gasteiger partial charge on any atom is -0.322 e. The van der Waals surface area contributed by atoms with Gasteiger partial charge in [-0.15, -0.1) is 0 Å². The van der Waals surface area contributed by atoms with Crippen molar-refractivity contribution in [2.45, 2.75) is 26.2 Å². The van der Waals surface area contributed by atoms with Gasteiger partial charge in [-0.05, 0) is 73.9 Å². The van der Waals surface area contributed by atoms with Gasteiger partial charge in [0.1, 0.15) is 0 Å². The SMILES string of the molecule is Cc1ccc(Cl)cc1NC(=O)c1cccc(N2C(=O)[C@@H]3[C@H]4CC[C@@H](C4)[C@@H]3C2=O)c1. The number of halogens is 1. The molecule has 3 fully saturated rings. The number of carbonyl (C=O) groups excluding carboxylic acids is 3. The zero-order chi connectivity index (χ0) is 20.3. The van der Waals surface area contributed by atoms with Crippen LogP contribution in [0.2, 0.25) is 5.02 Å². The van der Waals surface area contributed by atoms with Gasteiger partial charge in [0.05, 0.1) is 17.5 Å². The molecule has 1 aliphatic heterocycles. The first-order chi connectivity index (χ1) is 13.9. The fourth-order valence-electron chi connectivity index (χ4n) is 5.37. The lowest BCUT2D eigenvalue weighted by Crippen LogP contribution is -2.33. The average Bonchev–Trinajstić information content (AvgIpc) is 3.38. The number of carbonyl (C=O) groups is 3. The normalized spacial score (nSPS) is 27.4. The predicted octanol–water partition coefficient (Wildman–Crippen LogP) is 4.44. The number of fused-ring (bicyclic) bond motifs is 5. The Morgan fingerprint density at radius 1 is 1.03 bits per heavy atom. The molecule has 3 aliphatic rings. The van der Waals surface area contributed by atoms with Crippen molar-refractivity contribution in [2.75, 3.05) is 10.2 Å². The average molecular weight is 409 g/mol. The second kappa shape index (κ2) is 6.70. The summed E-state index contributed by atoms with van der Waals surface area (Å²) in [5.74, 6) is -0.185. The summed E-state index contributed by atoms with van der Waals surface area (Å²) >= 11 is 6.03. The van der Waals surface area contributed by atoms with Gasteiger partial charge in [0.15, 0.2) is 0 Å². The van der Waals surface area contributed by atoms with Crippen LogP contribution in [0.15, 0.2) is 42.5 Å². The van der Waals surface area contributed by atoms with Gasteiger partial charge in [-0.2, -0.15) is 0 Å². The predicted molar refractivity (Wildman–Crippen MR) is 111 cm³/mol. The monoisotopic (exact) mass is 408 g/mol. The van der Waals surface area contributed by atoms with E-state index in [9.17, 15) is 14.4 Å². The van der Waals surface area contributed by atoms with Crippen molar-refractivity contribution in [3.05, 3.63) is 58.6 Å². The van der Waals surface area contributed by atoms with E-state index in [4.69, 9.17) is 11.6 Å². The van der Waals surface area contributed by atoms with Crippen LogP contribution in [0.25, 0.3) is 0 Å². The molecule has 4 atom stereocenters. The summed E-state index contributed by atoms with van der Waals surface area (Å²) in [4.78, 5) is 40.1. The number of nitrogens with zero attached hydrogens (tertiary/aromatic N) is 1. The third kappa shape index (κ3) is 2.87. The largest absolute Gasteiger partial charge is 0.322 e. The van der Waals surface area contributed by atoms with E-state index in [1.807, 2.05) is 13.0 Å². The second-order valence-corrected chi connectivity index (χ2v) is 8.80. The standard InChI is InChI=1S/C23H21ClN2O3/c1-12-5-8-16(24)11-18(12)25-21(27)15-3-2-4-17(10-15)26-22(28)19-13-6-7-14(9-13)20(19)23(26)29/h2-5,8,10-11,13-14,19-20H,6-7,9H2,1H3,(H,25,27)/t13-,14-,19-,20+/m0/s1. The van der Waals surface area contributed by atoms with Crippen molar-refractivity contribution in [1.82, 2.24) is 0 Å². The van der Waals surface area contributed by atoms with Crippen molar-refractivity contribution < 1.29 is 14.4 Å². The van der Waals surface area contributed by atoms with Crippen LogP contribution >= 0.6 is 11.6 Å². The van der Waals surface area contributed by atoms with Crippen molar-refractivity contribution >= 4 is 40.7 Å². The van der Waals surface area contributed by atoms with Gasteiger partial charge < -0.3 is 5.32 Å². The van der Waals surface area contributed by atoms with Gasteiger partial charge in [0.2, 0.25) is 11.8 Å². The van der Waals surface area contributed by atoms with E-state index >= 15 is 0 Å².